The van der Waals surface area contributed by atoms with Crippen LogP contribution in [0.3, 0.4) is 0 Å². The normalized spacial score (nSPS) is 23.1. The highest BCUT2D eigenvalue weighted by Crippen LogP contribution is 2.23. The molecule has 1 aliphatic carbocycles. The van der Waals surface area contributed by atoms with E-state index in [1.54, 1.807) is 0 Å². The van der Waals surface area contributed by atoms with Gasteiger partial charge in [0.15, 0.2) is 0 Å². The van der Waals surface area contributed by atoms with Gasteiger partial charge in [0.1, 0.15) is 0 Å². The van der Waals surface area contributed by atoms with E-state index in [2.05, 4.69) is 33.5 Å². The summed E-state index contributed by atoms with van der Waals surface area (Å²) in [5.74, 6) is 0.794. The molecule has 19 heavy (non-hydrogen) atoms. The van der Waals surface area contributed by atoms with Crippen LogP contribution >= 0.6 is 15.9 Å². The minimum absolute atomic E-state index is 0.0186. The molecule has 0 bridgehead atoms. The molecule has 3 nitrogen and oxygen atoms in total. The summed E-state index contributed by atoms with van der Waals surface area (Å²) in [5, 5.41) is 6.28. The lowest BCUT2D eigenvalue weighted by molar-refractivity contribution is -0.115. The van der Waals surface area contributed by atoms with Gasteiger partial charge in [-0.3, -0.25) is 4.79 Å². The van der Waals surface area contributed by atoms with Crippen LogP contribution in [-0.4, -0.2) is 18.5 Å². The molecule has 2 atom stereocenters. The van der Waals surface area contributed by atoms with Crippen molar-refractivity contribution in [2.24, 2.45) is 5.92 Å². The lowest BCUT2D eigenvalue weighted by Gasteiger charge is -2.27. The Bertz CT molecular complexity index is 436. The van der Waals surface area contributed by atoms with Gasteiger partial charge in [-0.15, -0.1) is 0 Å². The van der Waals surface area contributed by atoms with Gasteiger partial charge in [-0.05, 0) is 46.8 Å². The van der Waals surface area contributed by atoms with E-state index in [4.69, 9.17) is 0 Å². The largest absolute Gasteiger partial charge is 0.324 e. The molecule has 0 aliphatic heterocycles. The summed E-state index contributed by atoms with van der Waals surface area (Å²) in [6.07, 6.45) is 4.96. The van der Waals surface area contributed by atoms with Crippen molar-refractivity contribution in [3.8, 4) is 0 Å². The number of para-hydroxylation sites is 1. The number of amides is 1. The van der Waals surface area contributed by atoms with Crippen LogP contribution in [0.15, 0.2) is 28.7 Å². The third-order valence-corrected chi connectivity index (χ3v) is 4.33. The first-order valence-electron chi connectivity index (χ1n) is 6.93. The number of benzene rings is 1. The molecule has 2 unspecified atom stereocenters. The average molecular weight is 325 g/mol. The van der Waals surface area contributed by atoms with E-state index in [1.165, 1.54) is 25.7 Å². The van der Waals surface area contributed by atoms with Crippen LogP contribution in [-0.2, 0) is 4.79 Å². The first-order chi connectivity index (χ1) is 9.15. The number of nitrogens with one attached hydrogen (secondary N) is 2. The van der Waals surface area contributed by atoms with Crippen LogP contribution < -0.4 is 10.6 Å². The van der Waals surface area contributed by atoms with Crippen LogP contribution in [0.5, 0.6) is 0 Å². The Balaban J connectivity index is 1.77. The molecular formula is C15H21BrN2O. The molecule has 1 fully saturated rings. The summed E-state index contributed by atoms with van der Waals surface area (Å²) in [6, 6.07) is 8.16. The van der Waals surface area contributed by atoms with Crippen LogP contribution in [0.4, 0.5) is 5.69 Å². The minimum Gasteiger partial charge on any atom is -0.324 e. The summed E-state index contributed by atoms with van der Waals surface area (Å²) in [6.45, 7) is 2.67. The Labute approximate surface area is 123 Å². The fourth-order valence-corrected chi connectivity index (χ4v) is 3.00. The Kier molecular flexibility index (Phi) is 5.40. The first-order valence-corrected chi connectivity index (χ1v) is 7.72. The van der Waals surface area contributed by atoms with Gasteiger partial charge in [-0.25, -0.2) is 0 Å². The Hall–Kier alpha value is -0.870. The Morgan fingerprint density at radius 1 is 1.37 bits per heavy atom. The van der Waals surface area contributed by atoms with Crippen LogP contribution in [0, 0.1) is 5.92 Å². The van der Waals surface area contributed by atoms with Crippen molar-refractivity contribution in [3.05, 3.63) is 28.7 Å². The van der Waals surface area contributed by atoms with Crippen molar-refractivity contribution >= 4 is 27.5 Å². The molecule has 1 amide bonds. The standard InChI is InChI=1S/C15H21BrN2O/c1-11-5-4-6-12(9-11)17-10-15(19)18-14-8-3-2-7-13(14)16/h2-3,7-8,11-12,17H,4-6,9-10H2,1H3,(H,18,19). The zero-order valence-corrected chi connectivity index (χ0v) is 12.9. The topological polar surface area (TPSA) is 41.1 Å². The summed E-state index contributed by atoms with van der Waals surface area (Å²) in [4.78, 5) is 11.9. The quantitative estimate of drug-likeness (QED) is 0.889. The molecule has 1 saturated carbocycles. The van der Waals surface area contributed by atoms with Crippen LogP contribution in [0.1, 0.15) is 32.6 Å². The number of hydrogen-bond acceptors (Lipinski definition) is 2. The third-order valence-electron chi connectivity index (χ3n) is 3.64. The summed E-state index contributed by atoms with van der Waals surface area (Å²) in [5.41, 5.74) is 0.825. The molecule has 0 heterocycles. The molecule has 0 saturated heterocycles. The first kappa shape index (κ1) is 14.5. The van der Waals surface area contributed by atoms with Gasteiger partial charge >= 0.3 is 0 Å². The molecule has 4 heteroatoms. The predicted octanol–water partition coefficient (Wildman–Crippen LogP) is 3.56. The van der Waals surface area contributed by atoms with Gasteiger partial charge in [0.25, 0.3) is 0 Å². The van der Waals surface area contributed by atoms with E-state index in [0.717, 1.165) is 16.1 Å². The van der Waals surface area contributed by atoms with Gasteiger partial charge in [-0.2, -0.15) is 0 Å². The fraction of sp³-hybridized carbons (Fsp3) is 0.533. The Morgan fingerprint density at radius 2 is 2.16 bits per heavy atom. The molecule has 104 valence electrons. The van der Waals surface area contributed by atoms with Gasteiger partial charge in [0, 0.05) is 10.5 Å². The van der Waals surface area contributed by atoms with Gasteiger partial charge in [0.05, 0.1) is 12.2 Å². The average Bonchev–Trinajstić information content (AvgIpc) is 2.39. The second kappa shape index (κ2) is 7.06. The highest BCUT2D eigenvalue weighted by molar-refractivity contribution is 9.10. The lowest BCUT2D eigenvalue weighted by Crippen LogP contribution is -2.38. The third kappa shape index (κ3) is 4.62. The van der Waals surface area contributed by atoms with E-state index in [1.807, 2.05) is 24.3 Å². The van der Waals surface area contributed by atoms with E-state index in [-0.39, 0.29) is 5.91 Å². The molecule has 1 aromatic rings. The van der Waals surface area contributed by atoms with E-state index >= 15 is 0 Å². The van der Waals surface area contributed by atoms with Crippen molar-refractivity contribution in [2.75, 3.05) is 11.9 Å². The molecule has 2 N–H and O–H groups in total. The van der Waals surface area contributed by atoms with Gasteiger partial charge in [0.2, 0.25) is 5.91 Å². The maximum Gasteiger partial charge on any atom is 0.238 e. The van der Waals surface area contributed by atoms with Crippen molar-refractivity contribution < 1.29 is 4.79 Å². The van der Waals surface area contributed by atoms with Crippen molar-refractivity contribution in [1.82, 2.24) is 5.32 Å². The minimum atomic E-state index is 0.0186. The van der Waals surface area contributed by atoms with Crippen LogP contribution in [0.2, 0.25) is 0 Å². The maximum atomic E-state index is 11.9. The van der Waals surface area contributed by atoms with Gasteiger partial charge in [-0.1, -0.05) is 31.9 Å². The molecule has 1 aliphatic rings. The summed E-state index contributed by atoms with van der Waals surface area (Å²) in [7, 11) is 0. The number of hydrogen-bond donors (Lipinski definition) is 2. The molecular weight excluding hydrogens is 304 g/mol. The molecule has 0 radical (unpaired) electrons. The fourth-order valence-electron chi connectivity index (χ4n) is 2.61. The Morgan fingerprint density at radius 3 is 2.89 bits per heavy atom. The smallest absolute Gasteiger partial charge is 0.238 e. The summed E-state index contributed by atoms with van der Waals surface area (Å²) < 4.78 is 0.912. The highest BCUT2D eigenvalue weighted by Gasteiger charge is 2.18. The molecule has 0 spiro atoms. The van der Waals surface area contributed by atoms with E-state index in [9.17, 15) is 4.79 Å². The second-order valence-electron chi connectivity index (χ2n) is 5.38. The van der Waals surface area contributed by atoms with E-state index in [0.29, 0.717) is 12.6 Å². The number of halogens is 1. The van der Waals surface area contributed by atoms with E-state index < -0.39 is 0 Å². The summed E-state index contributed by atoms with van der Waals surface area (Å²) >= 11 is 3.43. The molecule has 0 aromatic heterocycles. The zero-order valence-electron chi connectivity index (χ0n) is 11.3. The van der Waals surface area contributed by atoms with Crippen molar-refractivity contribution in [3.63, 3.8) is 0 Å². The van der Waals surface area contributed by atoms with Crippen LogP contribution in [0.25, 0.3) is 0 Å². The number of anilines is 1. The molecule has 1 aromatic carbocycles. The SMILES string of the molecule is CC1CCCC(NCC(=O)Nc2ccccc2Br)C1. The predicted molar refractivity (Wildman–Crippen MR) is 82.2 cm³/mol. The van der Waals surface area contributed by atoms with Crippen molar-refractivity contribution in [2.45, 2.75) is 38.6 Å². The number of carbonyl (C=O) groups excluding carboxylic acids is 1. The monoisotopic (exact) mass is 324 g/mol. The van der Waals surface area contributed by atoms with Gasteiger partial charge < -0.3 is 10.6 Å². The lowest BCUT2D eigenvalue weighted by atomic mass is 9.87. The number of carbonyl (C=O) groups is 1. The maximum absolute atomic E-state index is 11.9. The highest BCUT2D eigenvalue weighted by atomic mass is 79.9. The second-order valence-corrected chi connectivity index (χ2v) is 6.23. The molecule has 2 rings (SSSR count). The van der Waals surface area contributed by atoms with Crippen molar-refractivity contribution in [1.29, 1.82) is 0 Å². The number of rotatable bonds is 4. The zero-order chi connectivity index (χ0) is 13.7.